The molecular formula is C32H28F3N5O3. The lowest BCUT2D eigenvalue weighted by atomic mass is 10.0. The summed E-state index contributed by atoms with van der Waals surface area (Å²) in [4.78, 5) is 30.1. The van der Waals surface area contributed by atoms with E-state index >= 15 is 0 Å². The first kappa shape index (κ1) is 29.3. The van der Waals surface area contributed by atoms with Crippen LogP contribution in [-0.2, 0) is 16.1 Å². The maximum absolute atomic E-state index is 13.2. The van der Waals surface area contributed by atoms with Gasteiger partial charge in [-0.3, -0.25) is 19.3 Å². The standard InChI is InChI=1S/C32H28F3N5O3/c1-20(22-17-37-40(18-22)19-29(34)35)3-12-27-21(2)36-16-13-28(27)43-26-10-8-25(9-11-26)39-31(42)32(14-15-32)30(41)38-24-6-4-23(33)5-7-24/h3-13,16-18,29H,1,14-15,19H2,2H3,(H,38,41)(H,39,42)/b12-3-. The lowest BCUT2D eigenvalue weighted by Crippen LogP contribution is -2.35. The largest absolute Gasteiger partial charge is 0.457 e. The van der Waals surface area contributed by atoms with Gasteiger partial charge >= 0.3 is 0 Å². The first-order valence-corrected chi connectivity index (χ1v) is 13.4. The normalized spacial score (nSPS) is 13.6. The number of allylic oxidation sites excluding steroid dienone is 2. The van der Waals surface area contributed by atoms with Crippen molar-refractivity contribution in [1.82, 2.24) is 14.8 Å². The van der Waals surface area contributed by atoms with Gasteiger partial charge in [0.15, 0.2) is 0 Å². The Labute approximate surface area is 245 Å². The molecule has 1 fully saturated rings. The van der Waals surface area contributed by atoms with Crippen molar-refractivity contribution in [3.8, 4) is 11.5 Å². The number of aromatic nitrogens is 3. The van der Waals surface area contributed by atoms with Crippen LogP contribution in [-0.4, -0.2) is 33.0 Å². The zero-order valence-corrected chi connectivity index (χ0v) is 23.2. The molecule has 0 atom stereocenters. The van der Waals surface area contributed by atoms with Crippen LogP contribution >= 0.6 is 0 Å². The molecule has 5 rings (SSSR count). The fourth-order valence-electron chi connectivity index (χ4n) is 4.35. The number of halogens is 3. The molecule has 1 saturated carbocycles. The van der Waals surface area contributed by atoms with Crippen molar-refractivity contribution in [3.63, 3.8) is 0 Å². The van der Waals surface area contributed by atoms with Crippen LogP contribution in [0.2, 0.25) is 0 Å². The van der Waals surface area contributed by atoms with Crippen LogP contribution < -0.4 is 15.4 Å². The van der Waals surface area contributed by atoms with Gasteiger partial charge in [-0.05, 0) is 86.0 Å². The van der Waals surface area contributed by atoms with E-state index in [1.165, 1.54) is 41.3 Å². The Bertz CT molecular complexity index is 1680. The summed E-state index contributed by atoms with van der Waals surface area (Å²) in [6, 6.07) is 13.8. The summed E-state index contributed by atoms with van der Waals surface area (Å²) >= 11 is 0. The zero-order chi connectivity index (χ0) is 30.6. The molecule has 2 heterocycles. The Morgan fingerprint density at radius 2 is 1.67 bits per heavy atom. The van der Waals surface area contributed by atoms with E-state index in [-0.39, 0.29) is 0 Å². The Morgan fingerprint density at radius 1 is 1.05 bits per heavy atom. The minimum atomic E-state index is -2.50. The molecule has 0 aliphatic heterocycles. The van der Waals surface area contributed by atoms with Gasteiger partial charge in [0.05, 0.1) is 6.20 Å². The average molecular weight is 588 g/mol. The molecule has 0 spiro atoms. The van der Waals surface area contributed by atoms with Crippen molar-refractivity contribution < 1.29 is 27.5 Å². The van der Waals surface area contributed by atoms with Gasteiger partial charge in [-0.25, -0.2) is 13.2 Å². The summed E-state index contributed by atoms with van der Waals surface area (Å²) < 4.78 is 45.7. The molecule has 0 radical (unpaired) electrons. The highest BCUT2D eigenvalue weighted by molar-refractivity contribution is 6.16. The highest BCUT2D eigenvalue weighted by Crippen LogP contribution is 2.47. The molecule has 0 unspecified atom stereocenters. The van der Waals surface area contributed by atoms with Crippen LogP contribution in [0.4, 0.5) is 24.5 Å². The number of aryl methyl sites for hydroxylation is 1. The highest BCUT2D eigenvalue weighted by atomic mass is 19.3. The molecule has 43 heavy (non-hydrogen) atoms. The van der Waals surface area contributed by atoms with E-state index < -0.39 is 36.0 Å². The minimum Gasteiger partial charge on any atom is -0.457 e. The Balaban J connectivity index is 1.22. The second kappa shape index (κ2) is 12.4. The van der Waals surface area contributed by atoms with Crippen LogP contribution in [0.25, 0.3) is 11.6 Å². The third kappa shape index (κ3) is 7.00. The summed E-state index contributed by atoms with van der Waals surface area (Å²) in [5.74, 6) is -0.248. The van der Waals surface area contributed by atoms with Crippen molar-refractivity contribution in [2.24, 2.45) is 5.41 Å². The first-order valence-electron chi connectivity index (χ1n) is 13.4. The van der Waals surface area contributed by atoms with Crippen molar-refractivity contribution in [3.05, 3.63) is 108 Å². The molecule has 2 N–H and O–H groups in total. The number of carbonyl (C=O) groups is 2. The molecule has 11 heteroatoms. The van der Waals surface area contributed by atoms with Gasteiger partial charge in [-0.15, -0.1) is 0 Å². The number of alkyl halides is 2. The van der Waals surface area contributed by atoms with Gasteiger partial charge in [0.2, 0.25) is 11.8 Å². The smallest absolute Gasteiger partial charge is 0.257 e. The third-order valence-electron chi connectivity index (χ3n) is 6.99. The van der Waals surface area contributed by atoms with E-state index in [9.17, 15) is 22.8 Å². The van der Waals surface area contributed by atoms with Gasteiger partial charge < -0.3 is 15.4 Å². The van der Waals surface area contributed by atoms with Crippen molar-refractivity contribution in [2.75, 3.05) is 10.6 Å². The zero-order valence-electron chi connectivity index (χ0n) is 23.2. The van der Waals surface area contributed by atoms with E-state index in [4.69, 9.17) is 4.74 Å². The number of rotatable bonds is 11. The maximum atomic E-state index is 13.2. The summed E-state index contributed by atoms with van der Waals surface area (Å²) in [5.41, 5.74) is 2.32. The lowest BCUT2D eigenvalue weighted by molar-refractivity contribution is -0.131. The SMILES string of the molecule is C=C(/C=C\c1c(Oc2ccc(NC(=O)C3(C(=O)Nc4ccc(F)cc4)CC3)cc2)ccnc1C)c1cnn(CC(F)F)c1. The topological polar surface area (TPSA) is 98.1 Å². The van der Waals surface area contributed by atoms with E-state index in [2.05, 4.69) is 27.3 Å². The number of hydrogen-bond acceptors (Lipinski definition) is 5. The Hall–Kier alpha value is -5.19. The predicted molar refractivity (Wildman–Crippen MR) is 157 cm³/mol. The molecular weight excluding hydrogens is 559 g/mol. The lowest BCUT2D eigenvalue weighted by Gasteiger charge is -2.16. The molecule has 2 amide bonds. The van der Waals surface area contributed by atoms with Crippen molar-refractivity contribution in [2.45, 2.75) is 32.7 Å². The Morgan fingerprint density at radius 3 is 2.28 bits per heavy atom. The molecule has 0 saturated heterocycles. The van der Waals surface area contributed by atoms with Gasteiger partial charge in [0.25, 0.3) is 6.43 Å². The molecule has 2 aromatic heterocycles. The van der Waals surface area contributed by atoms with E-state index in [0.29, 0.717) is 58.1 Å². The van der Waals surface area contributed by atoms with Gasteiger partial charge in [0, 0.05) is 40.6 Å². The number of anilines is 2. The molecule has 2 aromatic carbocycles. The number of pyridine rings is 1. The fraction of sp³-hybridized carbons (Fsp3) is 0.188. The number of nitrogens with zero attached hydrogens (tertiary/aromatic N) is 3. The second-order valence-corrected chi connectivity index (χ2v) is 10.1. The van der Waals surface area contributed by atoms with Crippen LogP contribution in [0.1, 0.15) is 29.7 Å². The summed E-state index contributed by atoms with van der Waals surface area (Å²) in [6.45, 7) is 5.34. The average Bonchev–Trinajstić information content (AvgIpc) is 3.67. The number of benzene rings is 2. The van der Waals surface area contributed by atoms with E-state index in [1.54, 1.807) is 48.7 Å². The van der Waals surface area contributed by atoms with Gasteiger partial charge in [0.1, 0.15) is 29.3 Å². The second-order valence-electron chi connectivity index (χ2n) is 10.1. The van der Waals surface area contributed by atoms with E-state index in [1.807, 2.05) is 6.92 Å². The summed E-state index contributed by atoms with van der Waals surface area (Å²) in [7, 11) is 0. The molecule has 220 valence electrons. The molecule has 1 aliphatic carbocycles. The number of nitrogens with one attached hydrogen (secondary N) is 2. The summed E-state index contributed by atoms with van der Waals surface area (Å²) in [5, 5.41) is 9.42. The third-order valence-corrected chi connectivity index (χ3v) is 6.99. The van der Waals surface area contributed by atoms with E-state index in [0.717, 1.165) is 0 Å². The quantitative estimate of drug-likeness (QED) is 0.148. The van der Waals surface area contributed by atoms with Crippen LogP contribution in [0.5, 0.6) is 11.5 Å². The predicted octanol–water partition coefficient (Wildman–Crippen LogP) is 6.87. The van der Waals surface area contributed by atoms with Crippen LogP contribution in [0.3, 0.4) is 0 Å². The molecule has 4 aromatic rings. The maximum Gasteiger partial charge on any atom is 0.257 e. The first-order chi connectivity index (χ1) is 20.6. The number of carbonyl (C=O) groups excluding carboxylic acids is 2. The molecule has 8 nitrogen and oxygen atoms in total. The Kier molecular flexibility index (Phi) is 8.42. The summed E-state index contributed by atoms with van der Waals surface area (Å²) in [6.07, 6.45) is 6.44. The minimum absolute atomic E-state index is 0.412. The number of hydrogen-bond donors (Lipinski definition) is 2. The molecule has 1 aliphatic rings. The number of ether oxygens (including phenoxy) is 1. The monoisotopic (exact) mass is 587 g/mol. The van der Waals surface area contributed by atoms with Crippen molar-refractivity contribution >= 4 is 34.8 Å². The highest BCUT2D eigenvalue weighted by Gasteiger charge is 2.56. The van der Waals surface area contributed by atoms with Gasteiger partial charge in [-0.1, -0.05) is 12.7 Å². The van der Waals surface area contributed by atoms with Crippen molar-refractivity contribution in [1.29, 1.82) is 0 Å². The van der Waals surface area contributed by atoms with Crippen LogP contribution in [0, 0.1) is 18.2 Å². The number of amides is 2. The van der Waals surface area contributed by atoms with Crippen LogP contribution in [0.15, 0.2) is 85.8 Å². The van der Waals surface area contributed by atoms with Gasteiger partial charge in [-0.2, -0.15) is 5.10 Å². The fourth-order valence-corrected chi connectivity index (χ4v) is 4.35. The molecule has 0 bridgehead atoms.